The van der Waals surface area contributed by atoms with E-state index in [0.29, 0.717) is 5.92 Å². The van der Waals surface area contributed by atoms with E-state index in [9.17, 15) is 0 Å². The van der Waals surface area contributed by atoms with Crippen LogP contribution in [0.15, 0.2) is 18.3 Å². The fraction of sp³-hybridized carbons (Fsp3) is 0.444. The summed E-state index contributed by atoms with van der Waals surface area (Å²) < 4.78 is 0. The molecule has 0 aromatic carbocycles. The van der Waals surface area contributed by atoms with Crippen LogP contribution in [0, 0.1) is 12.0 Å². The molecule has 0 saturated heterocycles. The molecule has 53 valence electrons. The van der Waals surface area contributed by atoms with E-state index in [1.54, 1.807) is 6.20 Å². The fourth-order valence-electron chi connectivity index (χ4n) is 0.890. The summed E-state index contributed by atoms with van der Waals surface area (Å²) in [6.45, 7) is 4.39. The average molecular weight is 134 g/mol. The lowest BCUT2D eigenvalue weighted by Crippen LogP contribution is -1.95. The van der Waals surface area contributed by atoms with Crippen LogP contribution in [0.5, 0.6) is 0 Å². The molecule has 1 rings (SSSR count). The lowest BCUT2D eigenvalue weighted by atomic mass is 10.1. The molecule has 1 aromatic heterocycles. The van der Waals surface area contributed by atoms with E-state index in [1.807, 2.05) is 12.1 Å². The van der Waals surface area contributed by atoms with Crippen molar-refractivity contribution in [2.24, 2.45) is 5.92 Å². The summed E-state index contributed by atoms with van der Waals surface area (Å²) in [6, 6.07) is 6.82. The van der Waals surface area contributed by atoms with E-state index >= 15 is 0 Å². The van der Waals surface area contributed by atoms with Crippen LogP contribution < -0.4 is 0 Å². The molecule has 0 atom stereocenters. The second-order valence-electron chi connectivity index (χ2n) is 2.85. The van der Waals surface area contributed by atoms with Crippen molar-refractivity contribution in [1.29, 1.82) is 0 Å². The number of hydrogen-bond acceptors (Lipinski definition) is 1. The van der Waals surface area contributed by atoms with Gasteiger partial charge in [-0.1, -0.05) is 19.9 Å². The molecule has 0 aliphatic heterocycles. The van der Waals surface area contributed by atoms with E-state index in [-0.39, 0.29) is 0 Å². The van der Waals surface area contributed by atoms with E-state index in [0.717, 1.165) is 12.1 Å². The molecule has 1 nitrogen and oxygen atoms in total. The van der Waals surface area contributed by atoms with Crippen molar-refractivity contribution in [2.45, 2.75) is 20.3 Å². The fourth-order valence-corrected chi connectivity index (χ4v) is 0.890. The summed E-state index contributed by atoms with van der Waals surface area (Å²) in [5.41, 5.74) is 1.16. The Balaban J connectivity index is 2.59. The van der Waals surface area contributed by atoms with Crippen molar-refractivity contribution in [3.05, 3.63) is 30.1 Å². The summed E-state index contributed by atoms with van der Waals surface area (Å²) in [7, 11) is 0. The standard InChI is InChI=1S/C9H12N/c1-8(2)7-9-5-3-4-6-10-9/h3,5-6,8H,7H2,1-2H3. The first-order valence-corrected chi connectivity index (χ1v) is 3.60. The first-order valence-electron chi connectivity index (χ1n) is 3.60. The van der Waals surface area contributed by atoms with Gasteiger partial charge in [-0.15, -0.1) is 0 Å². The molecular weight excluding hydrogens is 122 g/mol. The highest BCUT2D eigenvalue weighted by molar-refractivity contribution is 5.02. The molecule has 10 heavy (non-hydrogen) atoms. The third kappa shape index (κ3) is 2.18. The van der Waals surface area contributed by atoms with Crippen molar-refractivity contribution in [1.82, 2.24) is 4.98 Å². The van der Waals surface area contributed by atoms with Crippen molar-refractivity contribution in [3.63, 3.8) is 0 Å². The summed E-state index contributed by atoms with van der Waals surface area (Å²) in [5, 5.41) is 0. The van der Waals surface area contributed by atoms with Gasteiger partial charge in [0.05, 0.1) is 0 Å². The van der Waals surface area contributed by atoms with Gasteiger partial charge in [-0.3, -0.25) is 4.98 Å². The van der Waals surface area contributed by atoms with Gasteiger partial charge in [0, 0.05) is 18.0 Å². The Morgan fingerprint density at radius 3 is 2.90 bits per heavy atom. The average Bonchev–Trinajstić information content (AvgIpc) is 1.88. The smallest absolute Gasteiger partial charge is 0.0406 e. The van der Waals surface area contributed by atoms with Gasteiger partial charge >= 0.3 is 0 Å². The number of rotatable bonds is 2. The summed E-state index contributed by atoms with van der Waals surface area (Å²) in [6.07, 6.45) is 2.78. The molecule has 1 heterocycles. The number of pyridine rings is 1. The van der Waals surface area contributed by atoms with Gasteiger partial charge in [0.25, 0.3) is 0 Å². The van der Waals surface area contributed by atoms with Gasteiger partial charge in [0.1, 0.15) is 0 Å². The SMILES string of the molecule is CC(C)Cc1cc[c]cn1. The number of hydrogen-bond donors (Lipinski definition) is 0. The second-order valence-corrected chi connectivity index (χ2v) is 2.85. The summed E-state index contributed by atoms with van der Waals surface area (Å²) >= 11 is 0. The molecule has 0 N–H and O–H groups in total. The van der Waals surface area contributed by atoms with Gasteiger partial charge in [0.15, 0.2) is 0 Å². The van der Waals surface area contributed by atoms with Crippen LogP contribution in [0.3, 0.4) is 0 Å². The molecular formula is C9H12N. The van der Waals surface area contributed by atoms with Crippen LogP contribution >= 0.6 is 0 Å². The predicted octanol–water partition coefficient (Wildman–Crippen LogP) is 2.08. The first kappa shape index (κ1) is 7.26. The van der Waals surface area contributed by atoms with Crippen LogP contribution in [0.2, 0.25) is 0 Å². The topological polar surface area (TPSA) is 12.9 Å². The normalized spacial score (nSPS) is 10.3. The van der Waals surface area contributed by atoms with E-state index in [1.165, 1.54) is 0 Å². The van der Waals surface area contributed by atoms with Gasteiger partial charge in [-0.25, -0.2) is 0 Å². The molecule has 0 saturated carbocycles. The van der Waals surface area contributed by atoms with Crippen LogP contribution in [-0.4, -0.2) is 4.98 Å². The second kappa shape index (κ2) is 3.35. The van der Waals surface area contributed by atoms with Crippen LogP contribution in [-0.2, 0) is 6.42 Å². The van der Waals surface area contributed by atoms with Crippen LogP contribution in [0.25, 0.3) is 0 Å². The molecule has 0 spiro atoms. The van der Waals surface area contributed by atoms with Crippen molar-refractivity contribution < 1.29 is 0 Å². The molecule has 1 heteroatoms. The highest BCUT2D eigenvalue weighted by Crippen LogP contribution is 2.02. The number of nitrogens with zero attached hydrogens (tertiary/aromatic N) is 1. The Kier molecular flexibility index (Phi) is 2.43. The van der Waals surface area contributed by atoms with Crippen LogP contribution in [0.1, 0.15) is 19.5 Å². The maximum Gasteiger partial charge on any atom is 0.0406 e. The summed E-state index contributed by atoms with van der Waals surface area (Å²) in [5.74, 6) is 0.690. The molecule has 0 amide bonds. The lowest BCUT2D eigenvalue weighted by molar-refractivity contribution is 0.635. The first-order chi connectivity index (χ1) is 4.79. The van der Waals surface area contributed by atoms with Gasteiger partial charge < -0.3 is 0 Å². The Morgan fingerprint density at radius 1 is 1.60 bits per heavy atom. The molecule has 0 aliphatic rings. The molecule has 1 aromatic rings. The van der Waals surface area contributed by atoms with Gasteiger partial charge in [-0.05, 0) is 18.4 Å². The number of aromatic nitrogens is 1. The predicted molar refractivity (Wildman–Crippen MR) is 41.6 cm³/mol. The maximum atomic E-state index is 4.16. The quantitative estimate of drug-likeness (QED) is 0.603. The minimum absolute atomic E-state index is 0.690. The molecule has 0 fully saturated rings. The Hall–Kier alpha value is -0.850. The third-order valence-corrected chi connectivity index (χ3v) is 1.29. The lowest BCUT2D eigenvalue weighted by Gasteiger charge is -2.01. The largest absolute Gasteiger partial charge is 0.261 e. The Bertz CT molecular complexity index is 179. The minimum Gasteiger partial charge on any atom is -0.261 e. The van der Waals surface area contributed by atoms with E-state index in [2.05, 4.69) is 24.9 Å². The van der Waals surface area contributed by atoms with E-state index in [4.69, 9.17) is 0 Å². The maximum absolute atomic E-state index is 4.16. The van der Waals surface area contributed by atoms with Gasteiger partial charge in [-0.2, -0.15) is 0 Å². The highest BCUT2D eigenvalue weighted by Gasteiger charge is 1.95. The zero-order valence-corrected chi connectivity index (χ0v) is 6.46. The van der Waals surface area contributed by atoms with E-state index < -0.39 is 0 Å². The monoisotopic (exact) mass is 134 g/mol. The molecule has 0 unspecified atom stereocenters. The zero-order chi connectivity index (χ0) is 7.40. The van der Waals surface area contributed by atoms with Crippen molar-refractivity contribution in [3.8, 4) is 0 Å². The highest BCUT2D eigenvalue weighted by atomic mass is 14.7. The van der Waals surface area contributed by atoms with Crippen molar-refractivity contribution in [2.75, 3.05) is 0 Å². The third-order valence-electron chi connectivity index (χ3n) is 1.29. The zero-order valence-electron chi connectivity index (χ0n) is 6.46. The van der Waals surface area contributed by atoms with Crippen molar-refractivity contribution >= 4 is 0 Å². The molecule has 0 bridgehead atoms. The summed E-state index contributed by atoms with van der Waals surface area (Å²) in [4.78, 5) is 4.16. The van der Waals surface area contributed by atoms with Gasteiger partial charge in [0.2, 0.25) is 0 Å². The Labute approximate surface area is 62.1 Å². The minimum atomic E-state index is 0.690. The molecule has 1 radical (unpaired) electrons. The molecule has 0 aliphatic carbocycles. The van der Waals surface area contributed by atoms with Crippen LogP contribution in [0.4, 0.5) is 0 Å². The Morgan fingerprint density at radius 2 is 2.40 bits per heavy atom.